The second-order valence-corrected chi connectivity index (χ2v) is 10.3. The number of benzene rings is 2. The smallest absolute Gasteiger partial charge is 0.243 e. The van der Waals surface area contributed by atoms with Crippen molar-refractivity contribution in [2.45, 2.75) is 37.5 Å². The molecule has 0 spiro atoms. The summed E-state index contributed by atoms with van der Waals surface area (Å²) in [6.45, 7) is 7.01. The molecule has 7 nitrogen and oxygen atoms in total. The number of hydrogen-bond donors (Lipinski definition) is 1. The fraction of sp³-hybridized carbons (Fsp3) is 0.409. The molecule has 30 heavy (non-hydrogen) atoms. The summed E-state index contributed by atoms with van der Waals surface area (Å²) in [6.07, 6.45) is 0.730. The number of fused-ring (bicyclic) bond motifs is 1. The first-order valence-electron chi connectivity index (χ1n) is 9.84. The third-order valence-electron chi connectivity index (χ3n) is 4.83. The summed E-state index contributed by atoms with van der Waals surface area (Å²) >= 11 is 0. The van der Waals surface area contributed by atoms with E-state index in [9.17, 15) is 13.2 Å². The normalized spacial score (nSPS) is 14.3. The summed E-state index contributed by atoms with van der Waals surface area (Å²) in [4.78, 5) is 12.5. The number of rotatable bonds is 5. The Morgan fingerprint density at radius 2 is 1.67 bits per heavy atom. The summed E-state index contributed by atoms with van der Waals surface area (Å²) in [7, 11) is -2.49. The lowest BCUT2D eigenvalue weighted by atomic mass is 9.87. The number of ether oxygens (including phenoxy) is 2. The molecule has 0 fully saturated rings. The number of likely N-dealkylation sites (N-methyl/N-ethyl adjacent to an activating group) is 1. The predicted molar refractivity (Wildman–Crippen MR) is 116 cm³/mol. The maximum atomic E-state index is 12.9. The molecule has 0 saturated carbocycles. The van der Waals surface area contributed by atoms with Crippen molar-refractivity contribution >= 4 is 21.6 Å². The van der Waals surface area contributed by atoms with Gasteiger partial charge in [-0.2, -0.15) is 4.31 Å². The van der Waals surface area contributed by atoms with Crippen LogP contribution in [-0.2, 0) is 20.2 Å². The molecule has 1 N–H and O–H groups in total. The van der Waals surface area contributed by atoms with Crippen LogP contribution < -0.4 is 14.8 Å². The Bertz CT molecular complexity index is 1010. The van der Waals surface area contributed by atoms with Gasteiger partial charge in [0.05, 0.1) is 24.7 Å². The van der Waals surface area contributed by atoms with Crippen molar-refractivity contribution in [3.05, 3.63) is 48.0 Å². The zero-order chi connectivity index (χ0) is 21.9. The van der Waals surface area contributed by atoms with Crippen LogP contribution in [0.4, 0.5) is 5.69 Å². The maximum absolute atomic E-state index is 12.9. The Kier molecular flexibility index (Phi) is 6.38. The fourth-order valence-electron chi connectivity index (χ4n) is 3.03. The largest absolute Gasteiger partial charge is 0.490 e. The van der Waals surface area contributed by atoms with Crippen molar-refractivity contribution in [2.75, 3.05) is 32.1 Å². The second kappa shape index (κ2) is 8.65. The standard InChI is InChI=1S/C22H28N2O5S/c1-22(2,3)16-6-8-17(9-7-16)23-21(25)15-24(4)30(26,27)18-10-11-19-20(14-18)29-13-5-12-28-19/h6-11,14H,5,12-13,15H2,1-4H3,(H,23,25). The van der Waals surface area contributed by atoms with Crippen molar-refractivity contribution in [2.24, 2.45) is 0 Å². The van der Waals surface area contributed by atoms with Crippen LogP contribution in [0.1, 0.15) is 32.8 Å². The molecule has 0 bridgehead atoms. The molecule has 0 atom stereocenters. The number of sulfonamides is 1. The minimum Gasteiger partial charge on any atom is -0.490 e. The van der Waals surface area contributed by atoms with Gasteiger partial charge in [-0.1, -0.05) is 32.9 Å². The summed E-state index contributed by atoms with van der Waals surface area (Å²) in [5, 5.41) is 2.74. The van der Waals surface area contributed by atoms with Crippen LogP contribution in [0.3, 0.4) is 0 Å². The lowest BCUT2D eigenvalue weighted by Crippen LogP contribution is -2.35. The Morgan fingerprint density at radius 3 is 2.30 bits per heavy atom. The van der Waals surface area contributed by atoms with Gasteiger partial charge in [0.25, 0.3) is 0 Å². The Balaban J connectivity index is 1.68. The van der Waals surface area contributed by atoms with Crippen LogP contribution in [0, 0.1) is 0 Å². The van der Waals surface area contributed by atoms with Crippen LogP contribution in [0.15, 0.2) is 47.4 Å². The molecule has 0 aromatic heterocycles. The van der Waals surface area contributed by atoms with E-state index in [0.717, 1.165) is 16.3 Å². The highest BCUT2D eigenvalue weighted by molar-refractivity contribution is 7.89. The van der Waals surface area contributed by atoms with E-state index in [0.29, 0.717) is 30.4 Å². The molecular formula is C22H28N2O5S. The van der Waals surface area contributed by atoms with E-state index in [2.05, 4.69) is 26.1 Å². The molecule has 0 radical (unpaired) electrons. The number of amides is 1. The van der Waals surface area contributed by atoms with Gasteiger partial charge in [0.2, 0.25) is 15.9 Å². The third-order valence-corrected chi connectivity index (χ3v) is 6.63. The van der Waals surface area contributed by atoms with Gasteiger partial charge in [-0.3, -0.25) is 4.79 Å². The van der Waals surface area contributed by atoms with Gasteiger partial charge in [-0.25, -0.2) is 8.42 Å². The van der Waals surface area contributed by atoms with Gasteiger partial charge in [0.15, 0.2) is 11.5 Å². The fourth-order valence-corrected chi connectivity index (χ4v) is 4.17. The molecule has 0 saturated heterocycles. The zero-order valence-electron chi connectivity index (χ0n) is 17.8. The predicted octanol–water partition coefficient (Wildman–Crippen LogP) is 3.40. The summed E-state index contributed by atoms with van der Waals surface area (Å²) in [6, 6.07) is 12.0. The summed E-state index contributed by atoms with van der Waals surface area (Å²) in [5.74, 6) is 0.495. The Morgan fingerprint density at radius 1 is 1.03 bits per heavy atom. The van der Waals surface area contributed by atoms with Crippen LogP contribution in [0.2, 0.25) is 0 Å². The van der Waals surface area contributed by atoms with Gasteiger partial charge in [0.1, 0.15) is 0 Å². The minimum absolute atomic E-state index is 0.0134. The van der Waals surface area contributed by atoms with E-state index in [1.54, 1.807) is 6.07 Å². The average Bonchev–Trinajstić information content (AvgIpc) is 2.92. The molecule has 3 rings (SSSR count). The number of nitrogens with zero attached hydrogens (tertiary/aromatic N) is 1. The molecule has 1 amide bonds. The number of hydrogen-bond acceptors (Lipinski definition) is 5. The Labute approximate surface area is 178 Å². The lowest BCUT2D eigenvalue weighted by molar-refractivity contribution is -0.116. The summed E-state index contributed by atoms with van der Waals surface area (Å²) in [5.41, 5.74) is 1.78. The first-order valence-corrected chi connectivity index (χ1v) is 11.3. The molecule has 2 aromatic rings. The number of carbonyl (C=O) groups excluding carboxylic acids is 1. The van der Waals surface area contributed by atoms with Gasteiger partial charge in [-0.15, -0.1) is 0 Å². The third kappa shape index (κ3) is 5.12. The van der Waals surface area contributed by atoms with Crippen molar-refractivity contribution in [3.8, 4) is 11.5 Å². The Hall–Kier alpha value is -2.58. The van der Waals surface area contributed by atoms with Crippen molar-refractivity contribution < 1.29 is 22.7 Å². The number of carbonyl (C=O) groups is 1. The van der Waals surface area contributed by atoms with E-state index < -0.39 is 15.9 Å². The van der Waals surface area contributed by atoms with E-state index in [1.807, 2.05) is 24.3 Å². The van der Waals surface area contributed by atoms with Gasteiger partial charge < -0.3 is 14.8 Å². The molecule has 8 heteroatoms. The minimum atomic E-state index is -3.86. The topological polar surface area (TPSA) is 84.9 Å². The van der Waals surface area contributed by atoms with Crippen molar-refractivity contribution in [1.82, 2.24) is 4.31 Å². The monoisotopic (exact) mass is 432 g/mol. The van der Waals surface area contributed by atoms with E-state index in [1.165, 1.54) is 19.2 Å². The highest BCUT2D eigenvalue weighted by Crippen LogP contribution is 2.32. The molecule has 1 heterocycles. The lowest BCUT2D eigenvalue weighted by Gasteiger charge is -2.20. The molecule has 1 aliphatic rings. The molecule has 0 unspecified atom stereocenters. The van der Waals surface area contributed by atoms with Gasteiger partial charge in [-0.05, 0) is 35.2 Å². The van der Waals surface area contributed by atoms with Crippen LogP contribution in [-0.4, -0.2) is 45.4 Å². The van der Waals surface area contributed by atoms with Crippen LogP contribution in [0.25, 0.3) is 0 Å². The average molecular weight is 433 g/mol. The highest BCUT2D eigenvalue weighted by Gasteiger charge is 2.25. The molecule has 2 aromatic carbocycles. The molecular weight excluding hydrogens is 404 g/mol. The highest BCUT2D eigenvalue weighted by atomic mass is 32.2. The first-order chi connectivity index (χ1) is 14.1. The number of nitrogens with one attached hydrogen (secondary N) is 1. The van der Waals surface area contributed by atoms with Crippen molar-refractivity contribution in [3.63, 3.8) is 0 Å². The molecule has 0 aliphatic carbocycles. The second-order valence-electron chi connectivity index (χ2n) is 8.30. The van der Waals surface area contributed by atoms with Crippen molar-refractivity contribution in [1.29, 1.82) is 0 Å². The maximum Gasteiger partial charge on any atom is 0.243 e. The first kappa shape index (κ1) is 22.1. The van der Waals surface area contributed by atoms with Crippen LogP contribution >= 0.6 is 0 Å². The van der Waals surface area contributed by atoms with E-state index in [-0.39, 0.29) is 16.9 Å². The molecule has 1 aliphatic heterocycles. The van der Waals surface area contributed by atoms with Crippen LogP contribution in [0.5, 0.6) is 11.5 Å². The van der Waals surface area contributed by atoms with Gasteiger partial charge in [0, 0.05) is 25.2 Å². The molecule has 162 valence electrons. The quantitative estimate of drug-likeness (QED) is 0.783. The zero-order valence-corrected chi connectivity index (χ0v) is 18.6. The SMILES string of the molecule is CN(CC(=O)Nc1ccc(C(C)(C)C)cc1)S(=O)(=O)c1ccc2c(c1)OCCCO2. The van der Waals surface area contributed by atoms with E-state index in [4.69, 9.17) is 9.47 Å². The summed E-state index contributed by atoms with van der Waals surface area (Å²) < 4.78 is 37.9. The van der Waals surface area contributed by atoms with Gasteiger partial charge >= 0.3 is 0 Å². The number of anilines is 1. The van der Waals surface area contributed by atoms with E-state index >= 15 is 0 Å².